The van der Waals surface area contributed by atoms with Crippen molar-refractivity contribution in [2.45, 2.75) is 45.1 Å². The summed E-state index contributed by atoms with van der Waals surface area (Å²) in [6.07, 6.45) is 3.11. The van der Waals surface area contributed by atoms with Crippen LogP contribution in [0.1, 0.15) is 45.2 Å². The van der Waals surface area contributed by atoms with Crippen molar-refractivity contribution in [1.29, 1.82) is 0 Å². The molecule has 0 aliphatic carbocycles. The van der Waals surface area contributed by atoms with Crippen LogP contribution in [0.3, 0.4) is 0 Å². The Balaban J connectivity index is 1.80. The second-order valence-corrected chi connectivity index (χ2v) is 6.96. The van der Waals surface area contributed by atoms with E-state index in [1.165, 1.54) is 4.52 Å². The van der Waals surface area contributed by atoms with E-state index in [1.807, 2.05) is 20.8 Å². The van der Waals surface area contributed by atoms with E-state index in [-0.39, 0.29) is 17.6 Å². The van der Waals surface area contributed by atoms with Crippen molar-refractivity contribution < 1.29 is 9.53 Å². The van der Waals surface area contributed by atoms with E-state index in [4.69, 9.17) is 4.74 Å². The molecule has 1 amide bonds. The number of amides is 1. The zero-order valence-corrected chi connectivity index (χ0v) is 13.7. The topological polar surface area (TPSA) is 79.7 Å². The molecule has 124 valence electrons. The van der Waals surface area contributed by atoms with Gasteiger partial charge in [-0.05, 0) is 33.6 Å². The average Bonchev–Trinajstić information content (AvgIpc) is 2.94. The molecule has 7 heteroatoms. The third kappa shape index (κ3) is 3.38. The lowest BCUT2D eigenvalue weighted by atomic mass is 9.95. The summed E-state index contributed by atoms with van der Waals surface area (Å²) in [4.78, 5) is 29.3. The van der Waals surface area contributed by atoms with Crippen LogP contribution in [0.4, 0.5) is 4.79 Å². The lowest BCUT2D eigenvalue weighted by molar-refractivity contribution is 0.0197. The number of ether oxygens (including phenoxy) is 1. The molecule has 2 aromatic rings. The number of carbonyl (C=O) groups is 1. The Kier molecular flexibility index (Phi) is 3.87. The Morgan fingerprint density at radius 2 is 2.22 bits per heavy atom. The van der Waals surface area contributed by atoms with Gasteiger partial charge in [0.25, 0.3) is 5.56 Å². The fourth-order valence-corrected chi connectivity index (χ4v) is 2.89. The maximum atomic E-state index is 12.2. The molecule has 1 aliphatic rings. The van der Waals surface area contributed by atoms with Crippen LogP contribution in [0.5, 0.6) is 0 Å². The first-order chi connectivity index (χ1) is 10.8. The Morgan fingerprint density at radius 3 is 2.96 bits per heavy atom. The minimum absolute atomic E-state index is 0.101. The van der Waals surface area contributed by atoms with Crippen molar-refractivity contribution in [3.8, 4) is 0 Å². The van der Waals surface area contributed by atoms with Gasteiger partial charge in [-0.1, -0.05) is 0 Å². The Bertz CT molecular complexity index is 771. The van der Waals surface area contributed by atoms with Crippen LogP contribution >= 0.6 is 0 Å². The highest BCUT2D eigenvalue weighted by atomic mass is 16.6. The molecule has 0 bridgehead atoms. The highest BCUT2D eigenvalue weighted by Gasteiger charge is 2.29. The first-order valence-electron chi connectivity index (χ1n) is 7.88. The molecular formula is C16H22N4O3. The SMILES string of the molecule is CC(C)(C)OC(=O)N1CCCC(c2cc(=O)n3nccc3[nH]2)C1. The molecule has 3 rings (SSSR count). The van der Waals surface area contributed by atoms with E-state index in [1.54, 1.807) is 23.2 Å². The van der Waals surface area contributed by atoms with Gasteiger partial charge in [0, 0.05) is 36.8 Å². The summed E-state index contributed by atoms with van der Waals surface area (Å²) in [6, 6.07) is 3.34. The fraction of sp³-hybridized carbons (Fsp3) is 0.562. The van der Waals surface area contributed by atoms with E-state index in [9.17, 15) is 9.59 Å². The molecule has 1 atom stereocenters. The molecule has 1 aliphatic heterocycles. The van der Waals surface area contributed by atoms with Gasteiger partial charge < -0.3 is 14.6 Å². The first-order valence-corrected chi connectivity index (χ1v) is 7.88. The molecule has 1 N–H and O–H groups in total. The number of hydrogen-bond donors (Lipinski definition) is 1. The van der Waals surface area contributed by atoms with E-state index in [0.717, 1.165) is 18.5 Å². The van der Waals surface area contributed by atoms with Gasteiger partial charge in [-0.3, -0.25) is 4.79 Å². The molecule has 23 heavy (non-hydrogen) atoms. The number of rotatable bonds is 1. The number of piperidine rings is 1. The predicted molar refractivity (Wildman–Crippen MR) is 85.6 cm³/mol. The van der Waals surface area contributed by atoms with Crippen LogP contribution < -0.4 is 5.56 Å². The second kappa shape index (κ2) is 5.72. The van der Waals surface area contributed by atoms with Gasteiger partial charge in [-0.2, -0.15) is 9.61 Å². The van der Waals surface area contributed by atoms with Crippen LogP contribution in [-0.4, -0.2) is 44.3 Å². The largest absolute Gasteiger partial charge is 0.444 e. The van der Waals surface area contributed by atoms with E-state index in [2.05, 4.69) is 10.1 Å². The summed E-state index contributed by atoms with van der Waals surface area (Å²) in [6.45, 7) is 6.81. The number of fused-ring (bicyclic) bond motifs is 1. The number of H-pyrrole nitrogens is 1. The Hall–Kier alpha value is -2.31. The van der Waals surface area contributed by atoms with Gasteiger partial charge in [-0.15, -0.1) is 0 Å². The summed E-state index contributed by atoms with van der Waals surface area (Å²) < 4.78 is 6.78. The molecule has 3 heterocycles. The number of aromatic amines is 1. The number of carbonyl (C=O) groups excluding carboxylic acids is 1. The van der Waals surface area contributed by atoms with Gasteiger partial charge in [0.2, 0.25) is 0 Å². The summed E-state index contributed by atoms with van der Waals surface area (Å²) >= 11 is 0. The molecule has 7 nitrogen and oxygen atoms in total. The molecule has 0 radical (unpaired) electrons. The van der Waals surface area contributed by atoms with Crippen molar-refractivity contribution in [1.82, 2.24) is 19.5 Å². The van der Waals surface area contributed by atoms with Gasteiger partial charge in [0.05, 0.1) is 6.20 Å². The van der Waals surface area contributed by atoms with Gasteiger partial charge in [-0.25, -0.2) is 4.79 Å². The molecule has 1 unspecified atom stereocenters. The van der Waals surface area contributed by atoms with Crippen LogP contribution in [0.15, 0.2) is 23.1 Å². The first kappa shape index (κ1) is 15.6. The lowest BCUT2D eigenvalue weighted by Crippen LogP contribution is -2.42. The molecule has 0 spiro atoms. The van der Waals surface area contributed by atoms with E-state index < -0.39 is 5.60 Å². The van der Waals surface area contributed by atoms with Crippen LogP contribution in [-0.2, 0) is 4.74 Å². The Labute approximate surface area is 134 Å². The van der Waals surface area contributed by atoms with Crippen LogP contribution in [0.2, 0.25) is 0 Å². The smallest absolute Gasteiger partial charge is 0.410 e. The monoisotopic (exact) mass is 318 g/mol. The summed E-state index contributed by atoms with van der Waals surface area (Å²) in [5, 5.41) is 3.98. The standard InChI is InChI=1S/C16H22N4O3/c1-16(2,3)23-15(22)19-8-4-5-11(10-19)12-9-14(21)20-13(18-12)6-7-17-20/h6-7,9,11,18H,4-5,8,10H2,1-3H3. The molecule has 1 saturated heterocycles. The van der Waals surface area contributed by atoms with Crippen LogP contribution in [0.25, 0.3) is 5.65 Å². The van der Waals surface area contributed by atoms with Crippen molar-refractivity contribution in [3.63, 3.8) is 0 Å². The van der Waals surface area contributed by atoms with Crippen molar-refractivity contribution in [2.75, 3.05) is 13.1 Å². The Morgan fingerprint density at radius 1 is 1.43 bits per heavy atom. The van der Waals surface area contributed by atoms with E-state index in [0.29, 0.717) is 18.7 Å². The molecule has 1 fully saturated rings. The fourth-order valence-electron chi connectivity index (χ4n) is 2.89. The van der Waals surface area contributed by atoms with Crippen LogP contribution in [0, 0.1) is 0 Å². The minimum atomic E-state index is -0.505. The van der Waals surface area contributed by atoms with Crippen molar-refractivity contribution in [2.24, 2.45) is 0 Å². The highest BCUT2D eigenvalue weighted by molar-refractivity contribution is 5.68. The van der Waals surface area contributed by atoms with Crippen molar-refractivity contribution in [3.05, 3.63) is 34.4 Å². The summed E-state index contributed by atoms with van der Waals surface area (Å²) in [5.74, 6) is 0.101. The normalized spacial score (nSPS) is 19.1. The number of aromatic nitrogens is 3. The highest BCUT2D eigenvalue weighted by Crippen LogP contribution is 2.26. The van der Waals surface area contributed by atoms with Crippen molar-refractivity contribution >= 4 is 11.7 Å². The zero-order valence-electron chi connectivity index (χ0n) is 13.7. The molecule has 0 saturated carbocycles. The zero-order chi connectivity index (χ0) is 16.6. The molecule has 0 aromatic carbocycles. The quantitative estimate of drug-likeness (QED) is 0.873. The van der Waals surface area contributed by atoms with Gasteiger partial charge in [0.1, 0.15) is 11.2 Å². The maximum absolute atomic E-state index is 12.2. The third-order valence-corrected chi connectivity index (χ3v) is 3.92. The predicted octanol–water partition coefficient (Wildman–Crippen LogP) is 2.14. The summed E-state index contributed by atoms with van der Waals surface area (Å²) in [5.41, 5.74) is 0.848. The number of likely N-dealkylation sites (tertiary alicyclic amines) is 1. The number of hydrogen-bond acceptors (Lipinski definition) is 4. The molecule has 2 aromatic heterocycles. The molecular weight excluding hydrogens is 296 g/mol. The lowest BCUT2D eigenvalue weighted by Gasteiger charge is -2.34. The average molecular weight is 318 g/mol. The third-order valence-electron chi connectivity index (χ3n) is 3.92. The maximum Gasteiger partial charge on any atom is 0.410 e. The van der Waals surface area contributed by atoms with Gasteiger partial charge >= 0.3 is 6.09 Å². The number of nitrogens with zero attached hydrogens (tertiary/aromatic N) is 3. The van der Waals surface area contributed by atoms with E-state index >= 15 is 0 Å². The van der Waals surface area contributed by atoms with Gasteiger partial charge in [0.15, 0.2) is 0 Å². The second-order valence-electron chi connectivity index (χ2n) is 6.96. The summed E-state index contributed by atoms with van der Waals surface area (Å²) in [7, 11) is 0. The number of nitrogens with one attached hydrogen (secondary N) is 1. The minimum Gasteiger partial charge on any atom is -0.444 e.